The first-order chi connectivity index (χ1) is 12.1. The molecule has 5 heterocycles. The van der Waals surface area contributed by atoms with Crippen molar-refractivity contribution in [2.45, 2.75) is 32.4 Å². The Balaban J connectivity index is 1.64. The molecule has 1 saturated heterocycles. The van der Waals surface area contributed by atoms with E-state index in [0.29, 0.717) is 18.5 Å². The second-order valence-electron chi connectivity index (χ2n) is 7.16. The average Bonchev–Trinajstić information content (AvgIpc) is 3.15. The fraction of sp³-hybridized carbons (Fsp3) is 0.368. The van der Waals surface area contributed by atoms with Gasteiger partial charge in [-0.1, -0.05) is 6.07 Å². The summed E-state index contributed by atoms with van der Waals surface area (Å²) >= 11 is 1.67. The van der Waals surface area contributed by atoms with Gasteiger partial charge in [0.15, 0.2) is 5.78 Å². The van der Waals surface area contributed by atoms with Crippen LogP contribution in [-0.2, 0) is 6.42 Å². The van der Waals surface area contributed by atoms with Gasteiger partial charge in [-0.25, -0.2) is 4.98 Å². The van der Waals surface area contributed by atoms with Gasteiger partial charge >= 0.3 is 0 Å². The maximum absolute atomic E-state index is 12.5. The van der Waals surface area contributed by atoms with E-state index in [2.05, 4.69) is 47.6 Å². The lowest BCUT2D eigenvalue weighted by molar-refractivity contribution is 0.0982. The minimum Gasteiger partial charge on any atom is -0.353 e. The van der Waals surface area contributed by atoms with Crippen molar-refractivity contribution in [1.82, 2.24) is 14.9 Å². The van der Waals surface area contributed by atoms with E-state index < -0.39 is 0 Å². The van der Waals surface area contributed by atoms with Crippen molar-refractivity contribution in [2.75, 3.05) is 18.0 Å². The molecule has 6 heteroatoms. The normalized spacial score (nSPS) is 23.0. The predicted octanol–water partition coefficient (Wildman–Crippen LogP) is 3.01. The van der Waals surface area contributed by atoms with Crippen LogP contribution in [0.1, 0.15) is 29.9 Å². The Morgan fingerprint density at radius 2 is 2.00 bits per heavy atom. The Morgan fingerprint density at radius 1 is 1.20 bits per heavy atom. The van der Waals surface area contributed by atoms with Crippen molar-refractivity contribution in [3.8, 4) is 5.82 Å². The van der Waals surface area contributed by atoms with Crippen LogP contribution >= 0.6 is 11.3 Å². The molecule has 128 valence electrons. The van der Waals surface area contributed by atoms with E-state index in [1.165, 1.54) is 0 Å². The van der Waals surface area contributed by atoms with Gasteiger partial charge in [0.2, 0.25) is 0 Å². The third-order valence-electron chi connectivity index (χ3n) is 5.09. The summed E-state index contributed by atoms with van der Waals surface area (Å²) in [6.07, 6.45) is 0.439. The largest absolute Gasteiger partial charge is 0.353 e. The number of aromatic nitrogens is 2. The van der Waals surface area contributed by atoms with Crippen molar-refractivity contribution in [3.05, 3.63) is 40.9 Å². The molecule has 0 bridgehead atoms. The lowest BCUT2D eigenvalue weighted by Crippen LogP contribution is -2.54. The van der Waals surface area contributed by atoms with Crippen molar-refractivity contribution < 1.29 is 4.79 Å². The van der Waals surface area contributed by atoms with Gasteiger partial charge in [-0.15, -0.1) is 11.3 Å². The van der Waals surface area contributed by atoms with E-state index >= 15 is 0 Å². The summed E-state index contributed by atoms with van der Waals surface area (Å²) in [6.45, 7) is 6.31. The van der Waals surface area contributed by atoms with Crippen molar-refractivity contribution in [3.63, 3.8) is 0 Å². The van der Waals surface area contributed by atoms with Crippen molar-refractivity contribution in [1.29, 1.82) is 0 Å². The number of Topliss-reactive ketones (excluding diaryl/α,β-unsaturated/α-hetero) is 1. The number of carbonyl (C=O) groups is 1. The topological polar surface area (TPSA) is 50.2 Å². The van der Waals surface area contributed by atoms with Gasteiger partial charge < -0.3 is 10.2 Å². The number of rotatable bonds is 1. The molecule has 1 fully saturated rings. The number of piperazine rings is 1. The van der Waals surface area contributed by atoms with Crippen LogP contribution in [0.5, 0.6) is 0 Å². The van der Waals surface area contributed by atoms with Gasteiger partial charge in [0, 0.05) is 37.2 Å². The summed E-state index contributed by atoms with van der Waals surface area (Å²) < 4.78 is 3.19. The molecule has 0 aromatic carbocycles. The van der Waals surface area contributed by atoms with Crippen molar-refractivity contribution in [2.24, 2.45) is 0 Å². The zero-order chi connectivity index (χ0) is 17.1. The smallest absolute Gasteiger partial charge is 0.184 e. The SMILES string of the molecule is C[C@@H]1CN(c2ccc3c(n2)-n2c(cc4sccc42)C(=O)C3)C[C@H](C)N1. The summed E-state index contributed by atoms with van der Waals surface area (Å²) in [4.78, 5) is 19.9. The predicted molar refractivity (Wildman–Crippen MR) is 101 cm³/mol. The van der Waals surface area contributed by atoms with Crippen LogP contribution in [0, 0.1) is 0 Å². The van der Waals surface area contributed by atoms with E-state index in [9.17, 15) is 4.79 Å². The van der Waals surface area contributed by atoms with Crippen LogP contribution in [-0.4, -0.2) is 40.5 Å². The number of thiophene rings is 1. The number of fused-ring (bicyclic) bond motifs is 5. The highest BCUT2D eigenvalue weighted by atomic mass is 32.1. The summed E-state index contributed by atoms with van der Waals surface area (Å²) in [5, 5.41) is 5.63. The molecule has 0 amide bonds. The molecule has 0 aliphatic carbocycles. The minimum absolute atomic E-state index is 0.176. The Bertz CT molecular complexity index is 979. The molecule has 0 saturated carbocycles. The van der Waals surface area contributed by atoms with E-state index in [4.69, 9.17) is 4.98 Å². The standard InChI is InChI=1S/C19H20N4OS/c1-11-9-22(10-12(2)20-11)18-4-3-13-7-16(24)15-8-17-14(5-6-25-17)23(15)19(13)21-18/h3-6,8,11-12,20H,7,9-10H2,1-2H3/t11-,12+. The molecule has 2 aliphatic heterocycles. The molecule has 3 aromatic heterocycles. The summed E-state index contributed by atoms with van der Waals surface area (Å²) in [7, 11) is 0. The third kappa shape index (κ3) is 2.32. The molecule has 0 spiro atoms. The monoisotopic (exact) mass is 352 g/mol. The lowest BCUT2D eigenvalue weighted by Gasteiger charge is -2.37. The van der Waals surface area contributed by atoms with Crippen molar-refractivity contribution >= 4 is 33.2 Å². The maximum atomic E-state index is 12.5. The number of anilines is 1. The average molecular weight is 352 g/mol. The number of nitrogens with one attached hydrogen (secondary N) is 1. The Kier molecular flexibility index (Phi) is 3.27. The zero-order valence-corrected chi connectivity index (χ0v) is 15.1. The van der Waals surface area contributed by atoms with Crippen LogP contribution in [0.15, 0.2) is 29.6 Å². The van der Waals surface area contributed by atoms with Gasteiger partial charge in [0.1, 0.15) is 11.6 Å². The molecular weight excluding hydrogens is 332 g/mol. The Hall–Kier alpha value is -2.18. The van der Waals surface area contributed by atoms with Crippen LogP contribution in [0.25, 0.3) is 16.0 Å². The van der Waals surface area contributed by atoms with Crippen LogP contribution in [0.4, 0.5) is 5.82 Å². The van der Waals surface area contributed by atoms with Gasteiger partial charge in [-0.2, -0.15) is 0 Å². The van der Waals surface area contributed by atoms with Gasteiger partial charge in [0.05, 0.1) is 15.9 Å². The van der Waals surface area contributed by atoms with E-state index in [0.717, 1.165) is 46.2 Å². The van der Waals surface area contributed by atoms with Gasteiger partial charge in [0.25, 0.3) is 0 Å². The quantitative estimate of drug-likeness (QED) is 0.731. The molecule has 25 heavy (non-hydrogen) atoms. The highest BCUT2D eigenvalue weighted by molar-refractivity contribution is 7.17. The maximum Gasteiger partial charge on any atom is 0.184 e. The fourth-order valence-electron chi connectivity index (χ4n) is 4.11. The van der Waals surface area contributed by atoms with E-state index in [1.54, 1.807) is 11.3 Å². The van der Waals surface area contributed by atoms with Crippen LogP contribution in [0.2, 0.25) is 0 Å². The summed E-state index contributed by atoms with van der Waals surface area (Å²) in [5.74, 6) is 2.09. The molecule has 0 radical (unpaired) electrons. The molecule has 1 N–H and O–H groups in total. The van der Waals surface area contributed by atoms with Crippen LogP contribution < -0.4 is 10.2 Å². The van der Waals surface area contributed by atoms with E-state index in [-0.39, 0.29) is 5.78 Å². The zero-order valence-electron chi connectivity index (χ0n) is 14.3. The number of carbonyl (C=O) groups excluding carboxylic acids is 1. The first-order valence-electron chi connectivity index (χ1n) is 8.73. The van der Waals surface area contributed by atoms with Gasteiger partial charge in [-0.05, 0) is 37.4 Å². The second-order valence-corrected chi connectivity index (χ2v) is 8.11. The highest BCUT2D eigenvalue weighted by Crippen LogP contribution is 2.34. The number of hydrogen-bond acceptors (Lipinski definition) is 5. The first kappa shape index (κ1) is 15.1. The lowest BCUT2D eigenvalue weighted by atomic mass is 10.0. The van der Waals surface area contributed by atoms with Crippen LogP contribution in [0.3, 0.4) is 0 Å². The highest BCUT2D eigenvalue weighted by Gasteiger charge is 2.28. The fourth-order valence-corrected chi connectivity index (χ4v) is 4.91. The molecular formula is C19H20N4OS. The molecule has 5 rings (SSSR count). The number of ketones is 1. The first-order valence-corrected chi connectivity index (χ1v) is 9.61. The summed E-state index contributed by atoms with van der Waals surface area (Å²) in [5.41, 5.74) is 2.86. The molecule has 2 atom stereocenters. The Morgan fingerprint density at radius 3 is 2.80 bits per heavy atom. The molecule has 3 aromatic rings. The molecule has 0 unspecified atom stereocenters. The second kappa shape index (κ2) is 5.41. The number of hydrogen-bond donors (Lipinski definition) is 1. The number of pyridine rings is 1. The van der Waals surface area contributed by atoms with Gasteiger partial charge in [-0.3, -0.25) is 9.36 Å². The molecule has 5 nitrogen and oxygen atoms in total. The minimum atomic E-state index is 0.176. The van der Waals surface area contributed by atoms with E-state index in [1.807, 2.05) is 10.6 Å². The number of nitrogens with zero attached hydrogens (tertiary/aromatic N) is 3. The summed E-state index contributed by atoms with van der Waals surface area (Å²) in [6, 6.07) is 9.11. The molecule has 2 aliphatic rings. The Labute approximate surface area is 150 Å². The third-order valence-corrected chi connectivity index (χ3v) is 5.95.